The van der Waals surface area contributed by atoms with Gasteiger partial charge >= 0.3 is 0 Å². The van der Waals surface area contributed by atoms with Crippen LogP contribution in [0.5, 0.6) is 5.75 Å². The molecule has 226 valence electrons. The number of ether oxygens (including phenoxy) is 1. The first kappa shape index (κ1) is 37.2. The Bertz CT molecular complexity index is 948. The van der Waals surface area contributed by atoms with E-state index in [2.05, 4.69) is 61.0 Å². The number of nitrogens with one attached hydrogen (secondary N) is 3. The maximum atomic E-state index is 13.4. The second-order valence-corrected chi connectivity index (χ2v) is 10.00. The molecule has 0 radical (unpaired) electrons. The molecule has 7 heteroatoms. The van der Waals surface area contributed by atoms with Crippen LogP contribution in [0.4, 0.5) is 4.39 Å². The van der Waals surface area contributed by atoms with Gasteiger partial charge in [-0.3, -0.25) is 4.79 Å². The minimum atomic E-state index is -0.372. The van der Waals surface area contributed by atoms with E-state index in [-0.39, 0.29) is 24.0 Å². The first-order valence-electron chi connectivity index (χ1n) is 14.8. The molecule has 0 heterocycles. The van der Waals surface area contributed by atoms with E-state index in [1.54, 1.807) is 12.1 Å². The third-order valence-electron chi connectivity index (χ3n) is 6.17. The van der Waals surface area contributed by atoms with Crippen LogP contribution < -0.4 is 20.7 Å². The van der Waals surface area contributed by atoms with Crippen molar-refractivity contribution >= 4 is 12.2 Å². The summed E-state index contributed by atoms with van der Waals surface area (Å²) in [5.41, 5.74) is 4.15. The SMILES string of the molecule is CC.CCc1cccc(C)c1.CNCCCNC1(C)CC1.Cc1ccc(OCCCCC(=O)NCC=O)c(F)c1. The summed E-state index contributed by atoms with van der Waals surface area (Å²) in [5, 5.41) is 9.11. The minimum absolute atomic E-state index is 0.0455. The van der Waals surface area contributed by atoms with Crippen LogP contribution in [0, 0.1) is 19.7 Å². The van der Waals surface area contributed by atoms with Crippen molar-refractivity contribution < 1.29 is 18.7 Å². The molecular formula is C33H54FN3O3. The van der Waals surface area contributed by atoms with E-state index in [1.165, 1.54) is 36.5 Å². The van der Waals surface area contributed by atoms with Gasteiger partial charge in [-0.25, -0.2) is 4.39 Å². The predicted molar refractivity (Wildman–Crippen MR) is 166 cm³/mol. The molecule has 1 fully saturated rings. The number of hydrogen-bond acceptors (Lipinski definition) is 5. The maximum Gasteiger partial charge on any atom is 0.220 e. The number of carbonyl (C=O) groups excluding carboxylic acids is 2. The summed E-state index contributed by atoms with van der Waals surface area (Å²) >= 11 is 0. The van der Waals surface area contributed by atoms with Gasteiger partial charge < -0.3 is 25.5 Å². The molecule has 0 unspecified atom stereocenters. The van der Waals surface area contributed by atoms with Gasteiger partial charge in [-0.05, 0) is 103 Å². The van der Waals surface area contributed by atoms with E-state index >= 15 is 0 Å². The molecule has 1 amide bonds. The predicted octanol–water partition coefficient (Wildman–Crippen LogP) is 6.32. The largest absolute Gasteiger partial charge is 0.491 e. The third-order valence-corrected chi connectivity index (χ3v) is 6.17. The lowest BCUT2D eigenvalue weighted by molar-refractivity contribution is -0.122. The van der Waals surface area contributed by atoms with Gasteiger partial charge in [-0.2, -0.15) is 0 Å². The van der Waals surface area contributed by atoms with Gasteiger partial charge in [0, 0.05) is 12.0 Å². The Morgan fingerprint density at radius 2 is 1.73 bits per heavy atom. The summed E-state index contributed by atoms with van der Waals surface area (Å²) in [6.45, 7) is 15.1. The molecule has 0 atom stereocenters. The van der Waals surface area contributed by atoms with Gasteiger partial charge in [-0.15, -0.1) is 0 Å². The van der Waals surface area contributed by atoms with Crippen molar-refractivity contribution in [1.82, 2.24) is 16.0 Å². The zero-order valence-electron chi connectivity index (χ0n) is 26.0. The van der Waals surface area contributed by atoms with Crippen molar-refractivity contribution in [2.75, 3.05) is 33.3 Å². The molecule has 0 bridgehead atoms. The molecule has 0 saturated heterocycles. The van der Waals surface area contributed by atoms with Gasteiger partial charge in [0.25, 0.3) is 0 Å². The Kier molecular flexibility index (Phi) is 21.4. The van der Waals surface area contributed by atoms with Crippen LogP contribution in [0.25, 0.3) is 0 Å². The summed E-state index contributed by atoms with van der Waals surface area (Å²) < 4.78 is 18.7. The topological polar surface area (TPSA) is 79.5 Å². The number of carbonyl (C=O) groups is 2. The van der Waals surface area contributed by atoms with Gasteiger partial charge in [-0.1, -0.05) is 56.7 Å². The monoisotopic (exact) mass is 559 g/mol. The second kappa shape index (κ2) is 23.0. The van der Waals surface area contributed by atoms with Crippen LogP contribution in [0.15, 0.2) is 42.5 Å². The van der Waals surface area contributed by atoms with Crippen molar-refractivity contribution in [1.29, 1.82) is 0 Å². The molecule has 3 rings (SSSR count). The number of amides is 1. The van der Waals surface area contributed by atoms with Crippen LogP contribution in [-0.4, -0.2) is 51.0 Å². The first-order chi connectivity index (χ1) is 19.2. The highest BCUT2D eigenvalue weighted by molar-refractivity contribution is 5.78. The molecule has 40 heavy (non-hydrogen) atoms. The quantitative estimate of drug-likeness (QED) is 0.186. The van der Waals surface area contributed by atoms with Gasteiger partial charge in [0.2, 0.25) is 5.91 Å². The molecule has 0 aromatic heterocycles. The lowest BCUT2D eigenvalue weighted by Crippen LogP contribution is -2.30. The van der Waals surface area contributed by atoms with Crippen molar-refractivity contribution in [2.45, 2.75) is 92.0 Å². The number of aldehydes is 1. The van der Waals surface area contributed by atoms with Crippen LogP contribution in [-0.2, 0) is 16.0 Å². The Balaban J connectivity index is 0.000000606. The molecule has 0 spiro atoms. The maximum absolute atomic E-state index is 13.4. The summed E-state index contributed by atoms with van der Waals surface area (Å²) in [7, 11) is 2.00. The molecule has 6 nitrogen and oxygen atoms in total. The van der Waals surface area contributed by atoms with Gasteiger partial charge in [0.1, 0.15) is 6.29 Å². The van der Waals surface area contributed by atoms with E-state index in [0.29, 0.717) is 37.7 Å². The number of unbranched alkanes of at least 4 members (excludes halogenated alkanes) is 1. The Morgan fingerprint density at radius 1 is 1.02 bits per heavy atom. The Morgan fingerprint density at radius 3 is 2.27 bits per heavy atom. The lowest BCUT2D eigenvalue weighted by Gasteiger charge is -2.09. The van der Waals surface area contributed by atoms with Gasteiger partial charge in [0.05, 0.1) is 13.2 Å². The number of benzene rings is 2. The molecule has 1 aliphatic carbocycles. The fraction of sp³-hybridized carbons (Fsp3) is 0.576. The average Bonchev–Trinajstić information content (AvgIpc) is 3.69. The van der Waals surface area contributed by atoms with Crippen molar-refractivity contribution in [3.63, 3.8) is 0 Å². The summed E-state index contributed by atoms with van der Waals surface area (Å²) in [4.78, 5) is 21.2. The highest BCUT2D eigenvalue weighted by Crippen LogP contribution is 2.33. The van der Waals surface area contributed by atoms with Gasteiger partial charge in [0.15, 0.2) is 11.6 Å². The second-order valence-electron chi connectivity index (χ2n) is 10.00. The lowest BCUT2D eigenvalue weighted by atomic mass is 10.1. The van der Waals surface area contributed by atoms with Crippen LogP contribution in [0.2, 0.25) is 0 Å². The highest BCUT2D eigenvalue weighted by atomic mass is 19.1. The number of aryl methyl sites for hydroxylation is 3. The third kappa shape index (κ3) is 19.3. The molecule has 2 aromatic rings. The average molecular weight is 560 g/mol. The van der Waals surface area contributed by atoms with Crippen LogP contribution >= 0.6 is 0 Å². The number of hydrogen-bond donors (Lipinski definition) is 3. The van der Waals surface area contributed by atoms with E-state index in [4.69, 9.17) is 4.74 Å². The Hall–Kier alpha value is -2.77. The molecule has 3 N–H and O–H groups in total. The van der Waals surface area contributed by atoms with E-state index in [1.807, 2.05) is 27.8 Å². The fourth-order valence-corrected chi connectivity index (χ4v) is 3.49. The van der Waals surface area contributed by atoms with Crippen molar-refractivity contribution in [2.24, 2.45) is 0 Å². The number of halogens is 1. The van der Waals surface area contributed by atoms with Crippen molar-refractivity contribution in [3.05, 3.63) is 65.0 Å². The first-order valence-corrected chi connectivity index (χ1v) is 14.8. The smallest absolute Gasteiger partial charge is 0.220 e. The fourth-order valence-electron chi connectivity index (χ4n) is 3.49. The molecule has 0 aliphatic heterocycles. The normalized spacial score (nSPS) is 12.3. The molecule has 2 aromatic carbocycles. The standard InChI is InChI=1S/C14H18FNO3.C9H12.C8H18N2.C2H6/c1-11-5-6-13(12(15)10-11)19-9-3-2-4-14(18)16-7-8-17;1-3-9-6-4-5-8(2)7-9;1-8(4-5-8)10-7-3-6-9-2;1-2/h5-6,8,10H,2-4,7,9H2,1H3,(H,16,18);4-7H,3H2,1-2H3;9-10H,3-7H2,1-2H3;1-2H3. The number of rotatable bonds is 14. The van der Waals surface area contributed by atoms with E-state index < -0.39 is 0 Å². The van der Waals surface area contributed by atoms with Crippen LogP contribution in [0.1, 0.15) is 82.9 Å². The van der Waals surface area contributed by atoms with E-state index in [9.17, 15) is 14.0 Å². The Labute approximate surface area is 242 Å². The highest BCUT2D eigenvalue weighted by Gasteiger charge is 2.35. The molecule has 1 aliphatic rings. The van der Waals surface area contributed by atoms with E-state index in [0.717, 1.165) is 25.1 Å². The zero-order chi connectivity index (χ0) is 30.2. The molecular weight excluding hydrogens is 505 g/mol. The van der Waals surface area contributed by atoms with Crippen molar-refractivity contribution in [3.8, 4) is 5.75 Å². The summed E-state index contributed by atoms with van der Waals surface area (Å²) in [6.07, 6.45) is 7.39. The minimum Gasteiger partial charge on any atom is -0.491 e. The summed E-state index contributed by atoms with van der Waals surface area (Å²) in [5.74, 6) is -0.298. The summed E-state index contributed by atoms with van der Waals surface area (Å²) in [6, 6.07) is 13.4. The molecule has 1 saturated carbocycles. The van der Waals surface area contributed by atoms with Crippen LogP contribution in [0.3, 0.4) is 0 Å². The zero-order valence-corrected chi connectivity index (χ0v) is 26.0.